The second-order valence-electron chi connectivity index (χ2n) is 4.31. The number of carbonyl (C=O) groups is 1. The Balaban J connectivity index is 2.27. The molecule has 0 spiro atoms. The highest BCUT2D eigenvalue weighted by atomic mass is 35.5. The van der Waals surface area contributed by atoms with Gasteiger partial charge in [0.25, 0.3) is 0 Å². The second kappa shape index (κ2) is 4.45. The largest absolute Gasteiger partial charge is 0.481 e. The van der Waals surface area contributed by atoms with E-state index in [9.17, 15) is 4.79 Å². The van der Waals surface area contributed by atoms with Gasteiger partial charge >= 0.3 is 5.97 Å². The molecule has 0 aromatic carbocycles. The van der Waals surface area contributed by atoms with Gasteiger partial charge in [-0.3, -0.25) is 4.79 Å². The maximum Gasteiger partial charge on any atom is 0.304 e. The third kappa shape index (κ3) is 2.07. The summed E-state index contributed by atoms with van der Waals surface area (Å²) in [6.45, 7) is 2.76. The van der Waals surface area contributed by atoms with E-state index < -0.39 is 5.97 Å². The van der Waals surface area contributed by atoms with Gasteiger partial charge < -0.3 is 9.67 Å². The number of hydrogen-bond acceptors (Lipinski definition) is 2. The molecule has 16 heavy (non-hydrogen) atoms. The summed E-state index contributed by atoms with van der Waals surface area (Å²) in [5, 5.41) is 9.39. The topological polar surface area (TPSA) is 55.1 Å². The smallest absolute Gasteiger partial charge is 0.304 e. The van der Waals surface area contributed by atoms with Crippen LogP contribution in [0.1, 0.15) is 43.6 Å². The Morgan fingerprint density at radius 2 is 2.38 bits per heavy atom. The van der Waals surface area contributed by atoms with Crippen LogP contribution < -0.4 is 0 Å². The number of halogens is 1. The molecular weight excluding hydrogens is 228 g/mol. The highest BCUT2D eigenvalue weighted by Crippen LogP contribution is 2.30. The van der Waals surface area contributed by atoms with Crippen LogP contribution in [0.3, 0.4) is 0 Å². The Labute approximate surface area is 99.2 Å². The van der Waals surface area contributed by atoms with Crippen LogP contribution in [0.5, 0.6) is 0 Å². The van der Waals surface area contributed by atoms with Gasteiger partial charge in [0, 0.05) is 18.9 Å². The number of carboxylic acids is 1. The van der Waals surface area contributed by atoms with Gasteiger partial charge in [0.05, 0.1) is 12.1 Å². The van der Waals surface area contributed by atoms with Crippen molar-refractivity contribution >= 4 is 17.6 Å². The van der Waals surface area contributed by atoms with Crippen molar-refractivity contribution in [3.63, 3.8) is 0 Å². The molecule has 0 aliphatic carbocycles. The molecule has 2 rings (SSSR count). The summed E-state index contributed by atoms with van der Waals surface area (Å²) in [6.07, 6.45) is 3.28. The first kappa shape index (κ1) is 11.5. The average Bonchev–Trinajstić information content (AvgIpc) is 2.56. The number of nitrogens with zero attached hydrogens (tertiary/aromatic N) is 2. The molecule has 0 fully saturated rings. The lowest BCUT2D eigenvalue weighted by Crippen LogP contribution is -2.10. The number of carboxylic acid groups (broad SMARTS) is 1. The van der Waals surface area contributed by atoms with Crippen molar-refractivity contribution in [3.8, 4) is 0 Å². The van der Waals surface area contributed by atoms with E-state index in [1.807, 2.05) is 11.5 Å². The summed E-state index contributed by atoms with van der Waals surface area (Å²) in [5.41, 5.74) is 0.737. The Morgan fingerprint density at radius 3 is 3.00 bits per heavy atom. The van der Waals surface area contributed by atoms with E-state index >= 15 is 0 Å². The monoisotopic (exact) mass is 242 g/mol. The zero-order valence-corrected chi connectivity index (χ0v) is 10.00. The Morgan fingerprint density at radius 1 is 1.62 bits per heavy atom. The van der Waals surface area contributed by atoms with E-state index in [1.54, 1.807) is 0 Å². The molecule has 1 N–H and O–H groups in total. The van der Waals surface area contributed by atoms with E-state index in [1.165, 1.54) is 0 Å². The van der Waals surface area contributed by atoms with Crippen molar-refractivity contribution in [1.82, 2.24) is 9.55 Å². The highest BCUT2D eigenvalue weighted by molar-refractivity contribution is 6.30. The van der Waals surface area contributed by atoms with Crippen molar-refractivity contribution in [2.75, 3.05) is 0 Å². The number of aryl methyl sites for hydroxylation is 1. The minimum Gasteiger partial charge on any atom is -0.481 e. The maximum absolute atomic E-state index is 10.7. The van der Waals surface area contributed by atoms with Gasteiger partial charge in [-0.25, -0.2) is 4.98 Å². The predicted molar refractivity (Wildman–Crippen MR) is 60.8 cm³/mol. The number of imidazole rings is 1. The molecule has 4 nitrogen and oxygen atoms in total. The quantitative estimate of drug-likeness (QED) is 0.886. The Kier molecular flexibility index (Phi) is 3.19. The fourth-order valence-electron chi connectivity index (χ4n) is 2.14. The van der Waals surface area contributed by atoms with Crippen LogP contribution in [0.4, 0.5) is 0 Å². The van der Waals surface area contributed by atoms with Crippen LogP contribution in [0, 0.1) is 0 Å². The number of rotatable bonds is 3. The van der Waals surface area contributed by atoms with Gasteiger partial charge in [0.2, 0.25) is 0 Å². The predicted octanol–water partition coefficient (Wildman–Crippen LogP) is 2.45. The van der Waals surface area contributed by atoms with E-state index in [0.717, 1.165) is 37.3 Å². The molecule has 0 saturated heterocycles. The van der Waals surface area contributed by atoms with Crippen molar-refractivity contribution in [2.45, 2.75) is 45.1 Å². The molecule has 0 bridgehead atoms. The number of aromatic nitrogens is 2. The minimum absolute atomic E-state index is 0.0795. The van der Waals surface area contributed by atoms with Crippen LogP contribution in [0.15, 0.2) is 0 Å². The fourth-order valence-corrected chi connectivity index (χ4v) is 2.55. The van der Waals surface area contributed by atoms with Crippen LogP contribution in [-0.4, -0.2) is 20.6 Å². The maximum atomic E-state index is 10.7. The van der Waals surface area contributed by atoms with Crippen molar-refractivity contribution in [3.05, 3.63) is 16.7 Å². The minimum atomic E-state index is -0.811. The molecule has 1 unspecified atom stereocenters. The average molecular weight is 243 g/mol. The summed E-state index contributed by atoms with van der Waals surface area (Å²) in [7, 11) is 0. The molecule has 88 valence electrons. The van der Waals surface area contributed by atoms with Gasteiger partial charge in [-0.05, 0) is 12.8 Å². The summed E-state index contributed by atoms with van der Waals surface area (Å²) in [6, 6.07) is 0. The Hall–Kier alpha value is -1.03. The van der Waals surface area contributed by atoms with E-state index in [-0.39, 0.29) is 12.3 Å². The van der Waals surface area contributed by atoms with Crippen molar-refractivity contribution < 1.29 is 9.90 Å². The first-order chi connectivity index (χ1) is 7.59. The number of aliphatic carboxylic acids is 1. The molecule has 0 saturated carbocycles. The molecule has 1 aliphatic heterocycles. The van der Waals surface area contributed by atoms with Crippen LogP contribution in [-0.2, 0) is 17.8 Å². The molecule has 1 atom stereocenters. The molecule has 0 amide bonds. The van der Waals surface area contributed by atoms with Crippen molar-refractivity contribution in [1.29, 1.82) is 0 Å². The zero-order chi connectivity index (χ0) is 11.7. The van der Waals surface area contributed by atoms with Gasteiger partial charge in [-0.1, -0.05) is 18.5 Å². The molecule has 1 aliphatic rings. The molecule has 1 aromatic heterocycles. The molecule has 5 heteroatoms. The van der Waals surface area contributed by atoms with Crippen LogP contribution in [0.2, 0.25) is 5.15 Å². The Bertz CT molecular complexity index is 414. The third-order valence-corrected chi connectivity index (χ3v) is 3.39. The molecular formula is C11H15ClN2O2. The SMILES string of the molecule is CC(CC(=O)O)c1nc2n(c1Cl)CCCC2. The molecule has 0 radical (unpaired) electrons. The zero-order valence-electron chi connectivity index (χ0n) is 9.24. The fraction of sp³-hybridized carbons (Fsp3) is 0.636. The second-order valence-corrected chi connectivity index (χ2v) is 4.67. The summed E-state index contributed by atoms with van der Waals surface area (Å²) in [4.78, 5) is 15.1. The molecule has 1 aromatic rings. The summed E-state index contributed by atoms with van der Waals surface area (Å²) in [5.74, 6) is 0.0705. The van der Waals surface area contributed by atoms with E-state index in [4.69, 9.17) is 16.7 Å². The summed E-state index contributed by atoms with van der Waals surface area (Å²) >= 11 is 6.23. The first-order valence-corrected chi connectivity index (χ1v) is 5.94. The lowest BCUT2D eigenvalue weighted by Gasteiger charge is -2.13. The highest BCUT2D eigenvalue weighted by Gasteiger charge is 2.23. The van der Waals surface area contributed by atoms with Gasteiger partial charge in [-0.2, -0.15) is 0 Å². The van der Waals surface area contributed by atoms with Gasteiger partial charge in [0.1, 0.15) is 11.0 Å². The standard InChI is InChI=1S/C11H15ClN2O2/c1-7(6-9(15)16)10-11(12)14-5-3-2-4-8(14)13-10/h7H,2-6H2,1H3,(H,15,16). The van der Waals surface area contributed by atoms with E-state index in [2.05, 4.69) is 4.98 Å². The molecule has 2 heterocycles. The summed E-state index contributed by atoms with van der Waals surface area (Å²) < 4.78 is 2.01. The van der Waals surface area contributed by atoms with Gasteiger partial charge in [-0.15, -0.1) is 0 Å². The number of fused-ring (bicyclic) bond motifs is 1. The van der Waals surface area contributed by atoms with Crippen molar-refractivity contribution in [2.24, 2.45) is 0 Å². The normalized spacial score (nSPS) is 16.9. The third-order valence-electron chi connectivity index (χ3n) is 2.99. The van der Waals surface area contributed by atoms with Crippen LogP contribution in [0.25, 0.3) is 0 Å². The van der Waals surface area contributed by atoms with Crippen LogP contribution >= 0.6 is 11.6 Å². The number of hydrogen-bond donors (Lipinski definition) is 1. The van der Waals surface area contributed by atoms with E-state index in [0.29, 0.717) is 5.15 Å². The lowest BCUT2D eigenvalue weighted by atomic mass is 10.1. The lowest BCUT2D eigenvalue weighted by molar-refractivity contribution is -0.137. The first-order valence-electron chi connectivity index (χ1n) is 5.56. The van der Waals surface area contributed by atoms with Gasteiger partial charge in [0.15, 0.2) is 0 Å².